The molecular weight excluding hydrogens is 248 g/mol. The second-order valence-corrected chi connectivity index (χ2v) is 5.79. The molecule has 3 rings (SSSR count). The second kappa shape index (κ2) is 5.23. The van der Waals surface area contributed by atoms with E-state index in [0.717, 1.165) is 24.4 Å². The third-order valence-corrected chi connectivity index (χ3v) is 4.34. The van der Waals surface area contributed by atoms with Crippen LogP contribution in [0.5, 0.6) is 0 Å². The molecule has 0 radical (unpaired) electrons. The van der Waals surface area contributed by atoms with E-state index in [2.05, 4.69) is 42.0 Å². The number of aryl methyl sites for hydroxylation is 2. The lowest BCUT2D eigenvalue weighted by Gasteiger charge is -2.18. The van der Waals surface area contributed by atoms with E-state index in [-0.39, 0.29) is 0 Å². The van der Waals surface area contributed by atoms with E-state index in [1.807, 2.05) is 6.20 Å². The van der Waals surface area contributed by atoms with Gasteiger partial charge in [-0.2, -0.15) is 0 Å². The van der Waals surface area contributed by atoms with Crippen molar-refractivity contribution in [3.8, 4) is 11.3 Å². The van der Waals surface area contributed by atoms with E-state index < -0.39 is 0 Å². The van der Waals surface area contributed by atoms with Crippen molar-refractivity contribution in [2.24, 2.45) is 0 Å². The topological polar surface area (TPSA) is 45.8 Å². The number of rotatable bonds is 2. The lowest BCUT2D eigenvalue weighted by Crippen LogP contribution is -2.13. The van der Waals surface area contributed by atoms with Gasteiger partial charge in [0.1, 0.15) is 11.6 Å². The maximum atomic E-state index is 11.3. The molecule has 2 aromatic rings. The van der Waals surface area contributed by atoms with Gasteiger partial charge in [0.15, 0.2) is 0 Å². The first-order chi connectivity index (χ1) is 9.63. The van der Waals surface area contributed by atoms with Crippen LogP contribution in [0.15, 0.2) is 24.4 Å². The van der Waals surface area contributed by atoms with Gasteiger partial charge in [0.25, 0.3) is 0 Å². The van der Waals surface area contributed by atoms with Crippen molar-refractivity contribution >= 4 is 5.78 Å². The number of H-pyrrole nitrogens is 1. The van der Waals surface area contributed by atoms with Crippen LogP contribution in [0.1, 0.15) is 48.6 Å². The molecule has 20 heavy (non-hydrogen) atoms. The summed E-state index contributed by atoms with van der Waals surface area (Å²) in [5.41, 5.74) is 4.85. The molecule has 1 aromatic heterocycles. The zero-order chi connectivity index (χ0) is 14.1. The minimum Gasteiger partial charge on any atom is -0.342 e. The molecule has 1 aliphatic rings. The fourth-order valence-corrected chi connectivity index (χ4v) is 2.81. The predicted molar refractivity (Wildman–Crippen MR) is 79.7 cm³/mol. The number of benzene rings is 1. The van der Waals surface area contributed by atoms with Gasteiger partial charge in [0.2, 0.25) is 0 Å². The summed E-state index contributed by atoms with van der Waals surface area (Å²) in [6.45, 7) is 4.25. The van der Waals surface area contributed by atoms with E-state index in [0.29, 0.717) is 24.5 Å². The van der Waals surface area contributed by atoms with Gasteiger partial charge in [-0.1, -0.05) is 12.1 Å². The summed E-state index contributed by atoms with van der Waals surface area (Å²) in [4.78, 5) is 19.3. The number of aromatic amines is 1. The minimum absolute atomic E-state index is 0.391. The quantitative estimate of drug-likeness (QED) is 0.897. The number of nitrogens with zero attached hydrogens (tertiary/aromatic N) is 1. The number of hydrogen-bond acceptors (Lipinski definition) is 2. The van der Waals surface area contributed by atoms with Crippen molar-refractivity contribution in [3.63, 3.8) is 0 Å². The molecule has 0 bridgehead atoms. The van der Waals surface area contributed by atoms with Crippen LogP contribution in [-0.4, -0.2) is 15.8 Å². The Balaban J connectivity index is 1.82. The standard InChI is InChI=1S/C17H20N2O/c1-11-3-4-14(9-12(11)2)16-10-18-17(19-16)13-5-7-15(20)8-6-13/h3-4,9-10,13H,5-8H2,1-2H3,(H,18,19). The summed E-state index contributed by atoms with van der Waals surface area (Å²) in [5.74, 6) is 1.83. The van der Waals surface area contributed by atoms with Crippen LogP contribution in [0.3, 0.4) is 0 Å². The normalized spacial score (nSPS) is 16.6. The van der Waals surface area contributed by atoms with E-state index in [1.165, 1.54) is 16.7 Å². The first-order valence-corrected chi connectivity index (χ1v) is 7.27. The predicted octanol–water partition coefficient (Wildman–Crippen LogP) is 3.92. The van der Waals surface area contributed by atoms with Gasteiger partial charge in [-0.3, -0.25) is 4.79 Å². The van der Waals surface area contributed by atoms with Crippen LogP contribution in [0.2, 0.25) is 0 Å². The van der Waals surface area contributed by atoms with Gasteiger partial charge in [0, 0.05) is 18.8 Å². The van der Waals surface area contributed by atoms with E-state index in [1.54, 1.807) is 0 Å². The van der Waals surface area contributed by atoms with Crippen LogP contribution < -0.4 is 0 Å². The van der Waals surface area contributed by atoms with Gasteiger partial charge in [0.05, 0.1) is 11.9 Å². The number of nitrogens with one attached hydrogen (secondary N) is 1. The van der Waals surface area contributed by atoms with E-state index in [9.17, 15) is 4.79 Å². The molecule has 1 aromatic carbocycles. The molecule has 3 heteroatoms. The van der Waals surface area contributed by atoms with Gasteiger partial charge in [-0.25, -0.2) is 4.98 Å². The highest BCUT2D eigenvalue weighted by Crippen LogP contribution is 2.31. The Kier molecular flexibility index (Phi) is 3.43. The van der Waals surface area contributed by atoms with Crippen LogP contribution >= 0.6 is 0 Å². The molecule has 1 fully saturated rings. The molecule has 3 nitrogen and oxygen atoms in total. The van der Waals surface area contributed by atoms with Crippen LogP contribution in [-0.2, 0) is 4.79 Å². The Morgan fingerprint density at radius 1 is 1.15 bits per heavy atom. The number of ketones is 1. The van der Waals surface area contributed by atoms with E-state index in [4.69, 9.17) is 0 Å². The summed E-state index contributed by atoms with van der Waals surface area (Å²) in [6, 6.07) is 6.46. The molecule has 1 aliphatic carbocycles. The Bertz CT molecular complexity index is 632. The fraction of sp³-hybridized carbons (Fsp3) is 0.412. The Morgan fingerprint density at radius 3 is 2.60 bits per heavy atom. The zero-order valence-electron chi connectivity index (χ0n) is 12.1. The molecule has 1 N–H and O–H groups in total. The number of carbonyl (C=O) groups excluding carboxylic acids is 1. The number of carbonyl (C=O) groups is 1. The summed E-state index contributed by atoms with van der Waals surface area (Å²) in [7, 11) is 0. The average molecular weight is 268 g/mol. The molecule has 1 saturated carbocycles. The third kappa shape index (κ3) is 2.53. The van der Waals surface area contributed by atoms with Gasteiger partial charge < -0.3 is 4.98 Å². The van der Waals surface area contributed by atoms with Gasteiger partial charge in [-0.05, 0) is 49.4 Å². The maximum absolute atomic E-state index is 11.3. The summed E-state index contributed by atoms with van der Waals surface area (Å²) < 4.78 is 0. The lowest BCUT2D eigenvalue weighted by atomic mass is 9.88. The highest BCUT2D eigenvalue weighted by atomic mass is 16.1. The monoisotopic (exact) mass is 268 g/mol. The van der Waals surface area contributed by atoms with Crippen LogP contribution in [0.4, 0.5) is 0 Å². The van der Waals surface area contributed by atoms with Gasteiger partial charge >= 0.3 is 0 Å². The number of imidazole rings is 1. The molecule has 0 aliphatic heterocycles. The lowest BCUT2D eigenvalue weighted by molar-refractivity contribution is -0.120. The molecule has 0 atom stereocenters. The summed E-state index contributed by atoms with van der Waals surface area (Å²) in [5, 5.41) is 0. The highest BCUT2D eigenvalue weighted by molar-refractivity contribution is 5.79. The first kappa shape index (κ1) is 13.1. The largest absolute Gasteiger partial charge is 0.342 e. The van der Waals surface area contributed by atoms with Crippen LogP contribution in [0, 0.1) is 13.8 Å². The Labute approximate surface area is 119 Å². The smallest absolute Gasteiger partial charge is 0.132 e. The molecule has 104 valence electrons. The molecule has 0 saturated heterocycles. The van der Waals surface area contributed by atoms with Crippen molar-refractivity contribution in [2.75, 3.05) is 0 Å². The average Bonchev–Trinajstić information content (AvgIpc) is 2.92. The van der Waals surface area contributed by atoms with Crippen molar-refractivity contribution < 1.29 is 4.79 Å². The van der Waals surface area contributed by atoms with Crippen molar-refractivity contribution in [1.29, 1.82) is 0 Å². The molecule has 0 unspecified atom stereocenters. The highest BCUT2D eigenvalue weighted by Gasteiger charge is 2.22. The zero-order valence-corrected chi connectivity index (χ0v) is 12.1. The second-order valence-electron chi connectivity index (χ2n) is 5.79. The van der Waals surface area contributed by atoms with Crippen molar-refractivity contribution in [3.05, 3.63) is 41.3 Å². The maximum Gasteiger partial charge on any atom is 0.132 e. The SMILES string of the molecule is Cc1ccc(-c2cnc(C3CCC(=O)CC3)[nH]2)cc1C. The molecular formula is C17H20N2O. The van der Waals surface area contributed by atoms with E-state index >= 15 is 0 Å². The summed E-state index contributed by atoms with van der Waals surface area (Å²) in [6.07, 6.45) is 5.17. The summed E-state index contributed by atoms with van der Waals surface area (Å²) >= 11 is 0. The molecule has 1 heterocycles. The van der Waals surface area contributed by atoms with Crippen molar-refractivity contribution in [1.82, 2.24) is 9.97 Å². The van der Waals surface area contributed by atoms with Gasteiger partial charge in [-0.15, -0.1) is 0 Å². The Hall–Kier alpha value is -1.90. The minimum atomic E-state index is 0.391. The molecule has 0 amide bonds. The molecule has 0 spiro atoms. The number of hydrogen-bond donors (Lipinski definition) is 1. The Morgan fingerprint density at radius 2 is 1.90 bits per heavy atom. The third-order valence-electron chi connectivity index (χ3n) is 4.34. The number of Topliss-reactive ketones (excluding diaryl/α,β-unsaturated/α-hetero) is 1. The first-order valence-electron chi connectivity index (χ1n) is 7.27. The number of aromatic nitrogens is 2. The van der Waals surface area contributed by atoms with Crippen molar-refractivity contribution in [2.45, 2.75) is 45.4 Å². The fourth-order valence-electron chi connectivity index (χ4n) is 2.81. The van der Waals surface area contributed by atoms with Crippen LogP contribution in [0.25, 0.3) is 11.3 Å².